The highest BCUT2D eigenvalue weighted by Gasteiger charge is 2.50. The van der Waals surface area contributed by atoms with Crippen molar-refractivity contribution in [3.05, 3.63) is 64.1 Å². The van der Waals surface area contributed by atoms with Crippen LogP contribution in [0.25, 0.3) is 0 Å². The first kappa shape index (κ1) is 16.8. The molecule has 0 radical (unpaired) electrons. The van der Waals surface area contributed by atoms with E-state index in [1.807, 2.05) is 24.1 Å². The predicted octanol–water partition coefficient (Wildman–Crippen LogP) is 4.00. The van der Waals surface area contributed by atoms with Crippen LogP contribution in [0.15, 0.2) is 53.0 Å². The van der Waals surface area contributed by atoms with E-state index in [9.17, 15) is 4.79 Å². The van der Waals surface area contributed by atoms with Crippen LogP contribution in [0.3, 0.4) is 0 Å². The van der Waals surface area contributed by atoms with Crippen LogP contribution in [0.1, 0.15) is 24.0 Å². The Morgan fingerprint density at radius 1 is 1.08 bits per heavy atom. The summed E-state index contributed by atoms with van der Waals surface area (Å²) >= 11 is 3.61. The summed E-state index contributed by atoms with van der Waals surface area (Å²) in [5.41, 5.74) is 2.92. The van der Waals surface area contributed by atoms with Crippen molar-refractivity contribution in [1.82, 2.24) is 4.90 Å². The highest BCUT2D eigenvalue weighted by Crippen LogP contribution is 2.45. The average Bonchev–Trinajstić information content (AvgIpc) is 3.19. The number of hydrogen-bond acceptors (Lipinski definition) is 2. The van der Waals surface area contributed by atoms with E-state index in [0.29, 0.717) is 0 Å². The second kappa shape index (κ2) is 6.58. The van der Waals surface area contributed by atoms with Crippen molar-refractivity contribution in [2.24, 2.45) is 0 Å². The monoisotopic (exact) mass is 398 g/mol. The molecule has 0 aromatic heterocycles. The van der Waals surface area contributed by atoms with Gasteiger partial charge in [-0.05, 0) is 61.7 Å². The Morgan fingerprint density at radius 3 is 2.52 bits per heavy atom. The molecule has 4 rings (SSSR count). The van der Waals surface area contributed by atoms with E-state index in [2.05, 4.69) is 57.2 Å². The number of likely N-dealkylation sites (tertiary alicyclic amines) is 1. The van der Waals surface area contributed by atoms with E-state index in [1.165, 1.54) is 18.4 Å². The number of hydrogen-bond donors (Lipinski definition) is 0. The van der Waals surface area contributed by atoms with Crippen molar-refractivity contribution >= 4 is 27.5 Å². The molecule has 0 spiro atoms. The summed E-state index contributed by atoms with van der Waals surface area (Å²) in [6, 6.07) is 16.7. The van der Waals surface area contributed by atoms with Gasteiger partial charge in [0.05, 0.1) is 5.41 Å². The predicted molar refractivity (Wildman–Crippen MR) is 105 cm³/mol. The fourth-order valence-electron chi connectivity index (χ4n) is 4.38. The number of carbonyl (C=O) groups is 1. The van der Waals surface area contributed by atoms with Gasteiger partial charge in [-0.3, -0.25) is 4.79 Å². The molecule has 2 heterocycles. The lowest BCUT2D eigenvalue weighted by atomic mass is 9.76. The molecule has 2 aromatic rings. The normalized spacial score (nSPS) is 23.3. The van der Waals surface area contributed by atoms with E-state index in [1.54, 1.807) is 0 Å². The summed E-state index contributed by atoms with van der Waals surface area (Å²) in [5, 5.41) is 0. The second-order valence-electron chi connectivity index (χ2n) is 7.25. The Hall–Kier alpha value is -1.65. The van der Waals surface area contributed by atoms with Gasteiger partial charge in [-0.15, -0.1) is 0 Å². The fourth-order valence-corrected chi connectivity index (χ4v) is 4.74. The minimum Gasteiger partial charge on any atom is -0.314 e. The Kier molecular flexibility index (Phi) is 4.42. The van der Waals surface area contributed by atoms with Crippen LogP contribution < -0.4 is 4.90 Å². The van der Waals surface area contributed by atoms with Crippen LogP contribution in [0.2, 0.25) is 0 Å². The molecule has 2 aliphatic heterocycles. The number of benzene rings is 2. The van der Waals surface area contributed by atoms with Gasteiger partial charge in [-0.2, -0.15) is 0 Å². The van der Waals surface area contributed by atoms with Gasteiger partial charge in [0.1, 0.15) is 0 Å². The molecule has 0 saturated carbocycles. The maximum Gasteiger partial charge on any atom is 0.239 e. The minimum atomic E-state index is -0.500. The van der Waals surface area contributed by atoms with Gasteiger partial charge in [0.15, 0.2) is 0 Å². The number of halogens is 1. The summed E-state index contributed by atoms with van der Waals surface area (Å²) in [7, 11) is 1.91. The maximum absolute atomic E-state index is 13.5. The van der Waals surface area contributed by atoms with Gasteiger partial charge >= 0.3 is 0 Å². The largest absolute Gasteiger partial charge is 0.314 e. The molecule has 1 unspecified atom stereocenters. The van der Waals surface area contributed by atoms with Crippen LogP contribution in [-0.4, -0.2) is 37.5 Å². The van der Waals surface area contributed by atoms with Crippen LogP contribution in [-0.2, 0) is 16.6 Å². The molecule has 0 aliphatic carbocycles. The molecule has 4 heteroatoms. The van der Waals surface area contributed by atoms with Crippen molar-refractivity contribution in [2.45, 2.75) is 24.7 Å². The molecule has 0 N–H and O–H groups in total. The molecule has 1 fully saturated rings. The quantitative estimate of drug-likeness (QED) is 0.776. The third-order valence-electron chi connectivity index (χ3n) is 5.59. The van der Waals surface area contributed by atoms with E-state index >= 15 is 0 Å². The molecule has 0 bridgehead atoms. The topological polar surface area (TPSA) is 23.6 Å². The Bertz CT molecular complexity index is 786. The Labute approximate surface area is 157 Å². The number of carbonyl (C=O) groups excluding carboxylic acids is 1. The Morgan fingerprint density at radius 2 is 1.80 bits per heavy atom. The minimum absolute atomic E-state index is 0.219. The third-order valence-corrected chi connectivity index (χ3v) is 6.08. The molecular formula is C21H23BrN2O. The van der Waals surface area contributed by atoms with Crippen molar-refractivity contribution in [3.8, 4) is 0 Å². The molecule has 1 amide bonds. The highest BCUT2D eigenvalue weighted by molar-refractivity contribution is 9.10. The zero-order valence-electron chi connectivity index (χ0n) is 14.5. The lowest BCUT2D eigenvalue weighted by Crippen LogP contribution is -2.48. The molecule has 2 aliphatic rings. The first-order valence-electron chi connectivity index (χ1n) is 8.95. The van der Waals surface area contributed by atoms with Crippen LogP contribution in [0.4, 0.5) is 5.69 Å². The van der Waals surface area contributed by atoms with Crippen molar-refractivity contribution < 1.29 is 4.79 Å². The van der Waals surface area contributed by atoms with Crippen molar-refractivity contribution in [2.75, 3.05) is 31.6 Å². The van der Waals surface area contributed by atoms with Gasteiger partial charge in [-0.25, -0.2) is 0 Å². The van der Waals surface area contributed by atoms with E-state index in [0.717, 1.165) is 41.8 Å². The van der Waals surface area contributed by atoms with Crippen LogP contribution in [0.5, 0.6) is 0 Å². The van der Waals surface area contributed by atoms with Crippen molar-refractivity contribution in [3.63, 3.8) is 0 Å². The molecule has 25 heavy (non-hydrogen) atoms. The zero-order chi connectivity index (χ0) is 17.4. The smallest absolute Gasteiger partial charge is 0.239 e. The summed E-state index contributed by atoms with van der Waals surface area (Å²) in [4.78, 5) is 17.8. The molecule has 1 saturated heterocycles. The summed E-state index contributed by atoms with van der Waals surface area (Å²) in [5.74, 6) is 0.219. The average molecular weight is 399 g/mol. The van der Waals surface area contributed by atoms with Gasteiger partial charge in [0.25, 0.3) is 0 Å². The maximum atomic E-state index is 13.5. The van der Waals surface area contributed by atoms with Crippen molar-refractivity contribution in [1.29, 1.82) is 0 Å². The number of fused-ring (bicyclic) bond motifs is 1. The van der Waals surface area contributed by atoms with Crippen LogP contribution >= 0.6 is 15.9 Å². The molecule has 1 atom stereocenters. The van der Waals surface area contributed by atoms with E-state index in [4.69, 9.17) is 0 Å². The molecule has 130 valence electrons. The SMILES string of the molecule is CN1C(=O)C(Cc2ccccc2)(CN2CCCC2)c2cc(Br)ccc21. The lowest BCUT2D eigenvalue weighted by Gasteiger charge is -2.33. The lowest BCUT2D eigenvalue weighted by molar-refractivity contribution is -0.123. The highest BCUT2D eigenvalue weighted by atomic mass is 79.9. The van der Waals surface area contributed by atoms with E-state index < -0.39 is 5.41 Å². The second-order valence-corrected chi connectivity index (χ2v) is 8.17. The standard InChI is InChI=1S/C21H23BrN2O/c1-23-19-10-9-17(22)13-18(19)21(20(23)25,15-24-11-5-6-12-24)14-16-7-3-2-4-8-16/h2-4,7-10,13H,5-6,11-12,14-15H2,1H3. The fraction of sp³-hybridized carbons (Fsp3) is 0.381. The van der Waals surface area contributed by atoms with Gasteiger partial charge in [0, 0.05) is 23.8 Å². The Balaban J connectivity index is 1.82. The van der Waals surface area contributed by atoms with Gasteiger partial charge in [0.2, 0.25) is 5.91 Å². The number of rotatable bonds is 4. The van der Waals surface area contributed by atoms with Gasteiger partial charge in [-0.1, -0.05) is 46.3 Å². The number of likely N-dealkylation sites (N-methyl/N-ethyl adjacent to an activating group) is 1. The zero-order valence-corrected chi connectivity index (χ0v) is 16.1. The summed E-state index contributed by atoms with van der Waals surface area (Å²) in [6.07, 6.45) is 3.21. The number of nitrogens with zero attached hydrogens (tertiary/aromatic N) is 2. The third kappa shape index (κ3) is 2.91. The van der Waals surface area contributed by atoms with E-state index in [-0.39, 0.29) is 5.91 Å². The first-order valence-corrected chi connectivity index (χ1v) is 9.74. The molecule has 2 aromatic carbocycles. The molecular weight excluding hydrogens is 376 g/mol. The summed E-state index contributed by atoms with van der Waals surface area (Å²) in [6.45, 7) is 2.99. The number of anilines is 1. The number of amides is 1. The van der Waals surface area contributed by atoms with Crippen LogP contribution in [0, 0.1) is 0 Å². The van der Waals surface area contributed by atoms with Gasteiger partial charge < -0.3 is 9.80 Å². The summed E-state index contributed by atoms with van der Waals surface area (Å²) < 4.78 is 1.04. The first-order chi connectivity index (χ1) is 12.1. The molecule has 3 nitrogen and oxygen atoms in total.